The molecule has 0 aromatic rings. The summed E-state index contributed by atoms with van der Waals surface area (Å²) in [6.45, 7) is 4.15. The van der Waals surface area contributed by atoms with Crippen molar-refractivity contribution in [2.75, 3.05) is 0 Å². The van der Waals surface area contributed by atoms with Crippen LogP contribution in [0.5, 0.6) is 0 Å². The van der Waals surface area contributed by atoms with Gasteiger partial charge in [-0.1, -0.05) is 55.7 Å². The molecule has 0 saturated heterocycles. The molecule has 0 rings (SSSR count). The van der Waals surface area contributed by atoms with Crippen molar-refractivity contribution in [1.29, 1.82) is 0 Å². The van der Waals surface area contributed by atoms with E-state index < -0.39 is 0 Å². The quantitative estimate of drug-likeness (QED) is 0.408. The monoisotopic (exact) mass is 255 g/mol. The van der Waals surface area contributed by atoms with Crippen LogP contribution >= 0.6 is 22.6 Å². The average molecular weight is 255 g/mol. The molecule has 0 bridgehead atoms. The molecule has 1 nitrogen and oxygen atoms in total. The Morgan fingerprint density at radius 3 is 2.40 bits per heavy atom. The second-order valence-electron chi connectivity index (χ2n) is 2.71. The maximum atomic E-state index is 11.1. The fourth-order valence-corrected chi connectivity index (χ4v) is 1.18. The Bertz CT molecular complexity index is 73.7. The topological polar surface area (TPSA) is 19.9 Å². The van der Waals surface area contributed by atoms with Gasteiger partial charge in [-0.25, -0.2) is 5.11 Å². The minimum atomic E-state index is -0.341. The summed E-state index contributed by atoms with van der Waals surface area (Å²) in [5, 5.41) is 11.1. The first-order chi connectivity index (χ1) is 4.68. The number of alkyl halides is 1. The highest BCUT2D eigenvalue weighted by Crippen LogP contribution is 2.12. The molecule has 2 atom stereocenters. The van der Waals surface area contributed by atoms with Crippen LogP contribution in [0.25, 0.3) is 0 Å². The minimum absolute atomic E-state index is 0.287. The lowest BCUT2D eigenvalue weighted by molar-refractivity contribution is 0.0838. The van der Waals surface area contributed by atoms with Crippen LogP contribution in [-0.4, -0.2) is 10.0 Å². The zero-order valence-corrected chi connectivity index (χ0v) is 8.93. The molecule has 0 N–H and O–H groups in total. The van der Waals surface area contributed by atoms with E-state index in [9.17, 15) is 5.11 Å². The summed E-state index contributed by atoms with van der Waals surface area (Å²) in [5.74, 6) is 0. The van der Waals surface area contributed by atoms with Crippen molar-refractivity contribution >= 4 is 22.6 Å². The molecule has 61 valence electrons. The molecule has 2 unspecified atom stereocenters. The lowest BCUT2D eigenvalue weighted by atomic mass is 10.1. The van der Waals surface area contributed by atoms with Gasteiger partial charge in [0.1, 0.15) is 6.10 Å². The molecule has 0 aliphatic carbocycles. The van der Waals surface area contributed by atoms with Gasteiger partial charge in [0.15, 0.2) is 0 Å². The maximum Gasteiger partial charge on any atom is 0.104 e. The molecular weight excluding hydrogens is 239 g/mol. The summed E-state index contributed by atoms with van der Waals surface area (Å²) in [5.41, 5.74) is 0. The number of halogens is 1. The molecule has 1 radical (unpaired) electrons. The molecule has 0 spiro atoms. The molecule has 0 aliphatic heterocycles. The van der Waals surface area contributed by atoms with Crippen LogP contribution in [0.3, 0.4) is 0 Å². The third-order valence-corrected chi connectivity index (χ3v) is 2.41. The van der Waals surface area contributed by atoms with Crippen LogP contribution in [0.1, 0.15) is 39.5 Å². The summed E-state index contributed by atoms with van der Waals surface area (Å²) < 4.78 is 0.287. The lowest BCUT2D eigenvalue weighted by Gasteiger charge is -2.08. The van der Waals surface area contributed by atoms with Gasteiger partial charge in [0.25, 0.3) is 0 Å². The zero-order chi connectivity index (χ0) is 7.98. The van der Waals surface area contributed by atoms with Crippen molar-refractivity contribution in [2.45, 2.75) is 49.6 Å². The predicted molar refractivity (Wildman–Crippen MR) is 52.1 cm³/mol. The van der Waals surface area contributed by atoms with Crippen molar-refractivity contribution in [1.82, 2.24) is 0 Å². The van der Waals surface area contributed by atoms with Crippen LogP contribution in [-0.2, 0) is 5.11 Å². The predicted octanol–water partition coefficient (Wildman–Crippen LogP) is 3.19. The Morgan fingerprint density at radius 1 is 1.40 bits per heavy atom. The van der Waals surface area contributed by atoms with Crippen molar-refractivity contribution in [3.8, 4) is 0 Å². The molecule has 10 heavy (non-hydrogen) atoms. The number of hydrogen-bond donors (Lipinski definition) is 0. The van der Waals surface area contributed by atoms with Crippen LogP contribution in [0.2, 0.25) is 0 Å². The number of hydrogen-bond acceptors (Lipinski definition) is 0. The smallest absolute Gasteiger partial charge is 0.104 e. The molecular formula is C8H16IO. The highest BCUT2D eigenvalue weighted by Gasteiger charge is 2.10. The Labute approximate surface area is 77.3 Å². The van der Waals surface area contributed by atoms with Gasteiger partial charge in [-0.05, 0) is 6.42 Å². The van der Waals surface area contributed by atoms with Crippen LogP contribution in [0, 0.1) is 0 Å². The van der Waals surface area contributed by atoms with E-state index in [0.29, 0.717) is 0 Å². The lowest BCUT2D eigenvalue weighted by Crippen LogP contribution is -2.14. The third-order valence-electron chi connectivity index (χ3n) is 1.60. The third kappa shape index (κ3) is 5.47. The van der Waals surface area contributed by atoms with Gasteiger partial charge >= 0.3 is 0 Å². The first-order valence-electron chi connectivity index (χ1n) is 3.98. The fourth-order valence-electron chi connectivity index (χ4n) is 0.825. The van der Waals surface area contributed by atoms with Crippen LogP contribution in [0.4, 0.5) is 0 Å². The molecule has 0 aromatic carbocycles. The van der Waals surface area contributed by atoms with Crippen molar-refractivity contribution in [2.24, 2.45) is 0 Å². The molecule has 2 heteroatoms. The molecule has 0 aromatic heterocycles. The molecule has 0 fully saturated rings. The van der Waals surface area contributed by atoms with Crippen LogP contribution < -0.4 is 0 Å². The summed E-state index contributed by atoms with van der Waals surface area (Å²) in [6, 6.07) is 0. The number of unbranched alkanes of at least 4 members (excludes halogenated alkanes) is 2. The van der Waals surface area contributed by atoms with Crippen molar-refractivity contribution in [3.63, 3.8) is 0 Å². The highest BCUT2D eigenvalue weighted by molar-refractivity contribution is 14.1. The van der Waals surface area contributed by atoms with Gasteiger partial charge in [0, 0.05) is 3.92 Å². The molecule has 0 heterocycles. The Hall–Kier alpha value is 0.690. The SMILES string of the molecule is CCCCCC([O])C(C)I. The highest BCUT2D eigenvalue weighted by atomic mass is 127. The Morgan fingerprint density at radius 2 is 2.00 bits per heavy atom. The van der Waals surface area contributed by atoms with Gasteiger partial charge in [-0.2, -0.15) is 0 Å². The average Bonchev–Trinajstić information content (AvgIpc) is 1.88. The molecule has 0 amide bonds. The van der Waals surface area contributed by atoms with E-state index in [1.54, 1.807) is 0 Å². The van der Waals surface area contributed by atoms with Gasteiger partial charge < -0.3 is 0 Å². The first-order valence-corrected chi connectivity index (χ1v) is 5.23. The van der Waals surface area contributed by atoms with Gasteiger partial charge in [0.2, 0.25) is 0 Å². The summed E-state index contributed by atoms with van der Waals surface area (Å²) in [6.07, 6.45) is 4.05. The standard InChI is InChI=1S/C8H16IO/c1-3-4-5-6-8(10)7(2)9/h7-8H,3-6H2,1-2H3. The Kier molecular flexibility index (Phi) is 6.85. The van der Waals surface area contributed by atoms with E-state index in [-0.39, 0.29) is 10.0 Å². The first kappa shape index (κ1) is 10.7. The van der Waals surface area contributed by atoms with Crippen LogP contribution in [0.15, 0.2) is 0 Å². The summed E-state index contributed by atoms with van der Waals surface area (Å²) in [4.78, 5) is 0. The van der Waals surface area contributed by atoms with E-state index in [4.69, 9.17) is 0 Å². The Balaban J connectivity index is 3.13. The van der Waals surface area contributed by atoms with Gasteiger partial charge in [-0.3, -0.25) is 0 Å². The molecule has 0 saturated carbocycles. The van der Waals surface area contributed by atoms with Gasteiger partial charge in [0.05, 0.1) is 0 Å². The zero-order valence-electron chi connectivity index (χ0n) is 6.77. The second-order valence-corrected chi connectivity index (χ2v) is 4.68. The van der Waals surface area contributed by atoms with Gasteiger partial charge in [-0.15, -0.1) is 0 Å². The largest absolute Gasteiger partial charge is 0.232 e. The van der Waals surface area contributed by atoms with E-state index in [0.717, 1.165) is 12.8 Å². The van der Waals surface area contributed by atoms with E-state index in [1.807, 2.05) is 6.92 Å². The van der Waals surface area contributed by atoms with Crippen molar-refractivity contribution in [3.05, 3.63) is 0 Å². The van der Waals surface area contributed by atoms with Crippen molar-refractivity contribution < 1.29 is 5.11 Å². The normalized spacial score (nSPS) is 16.8. The maximum absolute atomic E-state index is 11.1. The van der Waals surface area contributed by atoms with E-state index in [2.05, 4.69) is 29.5 Å². The number of rotatable bonds is 5. The minimum Gasteiger partial charge on any atom is -0.232 e. The second kappa shape index (κ2) is 6.40. The molecule has 0 aliphatic rings. The summed E-state index contributed by atoms with van der Waals surface area (Å²) in [7, 11) is 0. The summed E-state index contributed by atoms with van der Waals surface area (Å²) >= 11 is 2.21. The van der Waals surface area contributed by atoms with E-state index in [1.165, 1.54) is 12.8 Å². The fraction of sp³-hybridized carbons (Fsp3) is 1.00. The van der Waals surface area contributed by atoms with E-state index >= 15 is 0 Å².